The number of benzene rings is 4. The smallest absolute Gasteiger partial charge is 0.264 e. The first-order chi connectivity index (χ1) is 23.7. The molecule has 0 aliphatic heterocycles. The highest BCUT2D eigenvalue weighted by atomic mass is 32.2. The van der Waals surface area contributed by atoms with Crippen LogP contribution in [0.2, 0.25) is 0 Å². The summed E-state index contributed by atoms with van der Waals surface area (Å²) in [5.41, 5.74) is 2.75. The molecule has 0 spiro atoms. The normalized spacial score (nSPS) is 13.8. The predicted octanol–water partition coefficient (Wildman–Crippen LogP) is 6.30. The van der Waals surface area contributed by atoms with E-state index in [0.29, 0.717) is 18.1 Å². The third kappa shape index (κ3) is 9.00. The van der Waals surface area contributed by atoms with E-state index in [4.69, 9.17) is 9.47 Å². The number of ether oxygens (including phenoxy) is 2. The molecule has 1 unspecified atom stereocenters. The first-order valence-electron chi connectivity index (χ1n) is 16.8. The molecule has 1 atom stereocenters. The second-order valence-corrected chi connectivity index (χ2v) is 14.2. The lowest BCUT2D eigenvalue weighted by Crippen LogP contribution is -2.54. The molecule has 1 N–H and O–H groups in total. The van der Waals surface area contributed by atoms with Gasteiger partial charge in [-0.2, -0.15) is 0 Å². The topological polar surface area (TPSA) is 105 Å². The number of aryl methyl sites for hydroxylation is 1. The standard InChI is InChI=1S/C39H45N3O6S/c1-4-48-37-20-11-10-19-35(37)42(49(45,46)34-23-21-29(2)22-24-34)28-38(43)41(27-31-15-12-18-33(25-31)47-3)36(26-30-13-6-5-7-14-30)39(44)40-32-16-8-9-17-32/h5-7,10-15,18-25,32,36H,4,8-9,16-17,26-28H2,1-3H3,(H,40,44). The van der Waals surface area contributed by atoms with E-state index >= 15 is 0 Å². The Balaban J connectivity index is 1.60. The second-order valence-electron chi connectivity index (χ2n) is 12.3. The first kappa shape index (κ1) is 35.5. The van der Waals surface area contributed by atoms with Gasteiger partial charge in [-0.3, -0.25) is 13.9 Å². The fourth-order valence-electron chi connectivity index (χ4n) is 6.18. The summed E-state index contributed by atoms with van der Waals surface area (Å²) in [6, 6.07) is 29.3. The third-order valence-corrected chi connectivity index (χ3v) is 10.6. The number of carbonyl (C=O) groups excluding carboxylic acids is 2. The zero-order chi connectivity index (χ0) is 34.8. The van der Waals surface area contributed by atoms with Crippen LogP contribution in [0, 0.1) is 6.92 Å². The van der Waals surface area contributed by atoms with Gasteiger partial charge >= 0.3 is 0 Å². The van der Waals surface area contributed by atoms with Crippen LogP contribution >= 0.6 is 0 Å². The Hall–Kier alpha value is -4.83. The Morgan fingerprint density at radius 3 is 2.24 bits per heavy atom. The van der Waals surface area contributed by atoms with E-state index in [2.05, 4.69) is 5.32 Å². The van der Waals surface area contributed by atoms with Crippen molar-refractivity contribution < 1.29 is 27.5 Å². The summed E-state index contributed by atoms with van der Waals surface area (Å²) < 4.78 is 41.3. The maximum atomic E-state index is 14.8. The molecule has 258 valence electrons. The highest BCUT2D eigenvalue weighted by molar-refractivity contribution is 7.92. The van der Waals surface area contributed by atoms with Crippen molar-refractivity contribution in [2.75, 3.05) is 24.6 Å². The van der Waals surface area contributed by atoms with Crippen LogP contribution in [0.3, 0.4) is 0 Å². The molecule has 1 fully saturated rings. The Morgan fingerprint density at radius 1 is 0.878 bits per heavy atom. The van der Waals surface area contributed by atoms with E-state index in [1.807, 2.05) is 68.4 Å². The minimum absolute atomic E-state index is 0.0241. The number of nitrogens with one attached hydrogen (secondary N) is 1. The van der Waals surface area contributed by atoms with Gasteiger partial charge in [0.05, 0.1) is 24.3 Å². The van der Waals surface area contributed by atoms with Crippen molar-refractivity contribution in [2.24, 2.45) is 0 Å². The molecule has 0 aromatic heterocycles. The van der Waals surface area contributed by atoms with Gasteiger partial charge in [0, 0.05) is 19.0 Å². The number of nitrogens with zero attached hydrogens (tertiary/aromatic N) is 2. The highest BCUT2D eigenvalue weighted by Crippen LogP contribution is 2.33. The maximum Gasteiger partial charge on any atom is 0.264 e. The maximum absolute atomic E-state index is 14.8. The summed E-state index contributed by atoms with van der Waals surface area (Å²) in [4.78, 5) is 30.6. The van der Waals surface area contributed by atoms with E-state index in [9.17, 15) is 18.0 Å². The monoisotopic (exact) mass is 683 g/mol. The third-order valence-electron chi connectivity index (χ3n) is 8.78. The summed E-state index contributed by atoms with van der Waals surface area (Å²) in [7, 11) is -2.69. The zero-order valence-electron chi connectivity index (χ0n) is 28.4. The molecular formula is C39H45N3O6S. The molecule has 1 aliphatic rings. The van der Waals surface area contributed by atoms with Crippen molar-refractivity contribution in [3.63, 3.8) is 0 Å². The number of hydrogen-bond acceptors (Lipinski definition) is 6. The van der Waals surface area contributed by atoms with E-state index in [1.54, 1.807) is 43.5 Å². The zero-order valence-corrected chi connectivity index (χ0v) is 29.2. The molecule has 49 heavy (non-hydrogen) atoms. The Labute approximate surface area is 289 Å². The molecule has 0 saturated heterocycles. The van der Waals surface area contributed by atoms with Gasteiger partial charge in [0.1, 0.15) is 24.1 Å². The lowest BCUT2D eigenvalue weighted by molar-refractivity contribution is -0.140. The molecule has 0 heterocycles. The Morgan fingerprint density at radius 2 is 1.55 bits per heavy atom. The van der Waals surface area contributed by atoms with E-state index in [-0.39, 0.29) is 35.5 Å². The van der Waals surface area contributed by atoms with Gasteiger partial charge in [0.15, 0.2) is 0 Å². The van der Waals surface area contributed by atoms with Crippen molar-refractivity contribution in [1.82, 2.24) is 10.2 Å². The number of anilines is 1. The van der Waals surface area contributed by atoms with E-state index in [0.717, 1.165) is 46.7 Å². The largest absolute Gasteiger partial charge is 0.497 e. The number of rotatable bonds is 15. The predicted molar refractivity (Wildman–Crippen MR) is 191 cm³/mol. The molecule has 1 aliphatic carbocycles. The van der Waals surface area contributed by atoms with Gasteiger partial charge < -0.3 is 19.7 Å². The van der Waals surface area contributed by atoms with Crippen LogP contribution in [0.4, 0.5) is 5.69 Å². The van der Waals surface area contributed by atoms with Gasteiger partial charge in [-0.25, -0.2) is 8.42 Å². The quantitative estimate of drug-likeness (QED) is 0.158. The molecule has 0 bridgehead atoms. The number of amides is 2. The summed E-state index contributed by atoms with van der Waals surface area (Å²) in [6.45, 7) is 3.48. The van der Waals surface area contributed by atoms with Gasteiger partial charge in [0.2, 0.25) is 11.8 Å². The van der Waals surface area contributed by atoms with Gasteiger partial charge in [-0.05, 0) is 74.2 Å². The van der Waals surface area contributed by atoms with Crippen LogP contribution in [0.5, 0.6) is 11.5 Å². The lowest BCUT2D eigenvalue weighted by atomic mass is 10.0. The number of sulfonamides is 1. The highest BCUT2D eigenvalue weighted by Gasteiger charge is 2.36. The van der Waals surface area contributed by atoms with Crippen LogP contribution < -0.4 is 19.1 Å². The summed E-state index contributed by atoms with van der Waals surface area (Å²) in [5, 5.41) is 3.21. The molecule has 2 amide bonds. The summed E-state index contributed by atoms with van der Waals surface area (Å²) in [6.07, 6.45) is 4.07. The average molecular weight is 684 g/mol. The number of carbonyl (C=O) groups is 2. The summed E-state index contributed by atoms with van der Waals surface area (Å²) >= 11 is 0. The molecule has 4 aromatic rings. The molecule has 10 heteroatoms. The van der Waals surface area contributed by atoms with Gasteiger partial charge in [-0.1, -0.05) is 85.1 Å². The van der Waals surface area contributed by atoms with Crippen LogP contribution in [0.1, 0.15) is 49.3 Å². The molecular weight excluding hydrogens is 639 g/mol. The number of methoxy groups -OCH3 is 1. The van der Waals surface area contributed by atoms with Crippen molar-refractivity contribution in [1.29, 1.82) is 0 Å². The molecule has 4 aromatic carbocycles. The van der Waals surface area contributed by atoms with Crippen molar-refractivity contribution in [2.45, 2.75) is 69.5 Å². The molecule has 5 rings (SSSR count). The molecule has 0 radical (unpaired) electrons. The minimum atomic E-state index is -4.26. The fraction of sp³-hybridized carbons (Fsp3) is 0.333. The SMILES string of the molecule is CCOc1ccccc1N(CC(=O)N(Cc1cccc(OC)c1)C(Cc1ccccc1)C(=O)NC1CCCC1)S(=O)(=O)c1ccc(C)cc1. The minimum Gasteiger partial charge on any atom is -0.497 e. The van der Waals surface area contributed by atoms with Gasteiger partial charge in [0.25, 0.3) is 10.0 Å². The Bertz CT molecular complexity index is 1810. The van der Waals surface area contributed by atoms with E-state index in [1.165, 1.54) is 17.0 Å². The molecule has 1 saturated carbocycles. The fourth-order valence-corrected chi connectivity index (χ4v) is 7.61. The second kappa shape index (κ2) is 16.5. The van der Waals surface area contributed by atoms with E-state index < -0.39 is 28.5 Å². The average Bonchev–Trinajstić information content (AvgIpc) is 3.63. The van der Waals surface area contributed by atoms with Crippen LogP contribution in [0.25, 0.3) is 0 Å². The first-order valence-corrected chi connectivity index (χ1v) is 18.2. The Kier molecular flexibility index (Phi) is 12.0. The van der Waals surface area contributed by atoms with Crippen molar-refractivity contribution in [3.05, 3.63) is 120 Å². The number of hydrogen-bond donors (Lipinski definition) is 1. The number of para-hydroxylation sites is 2. The van der Waals surface area contributed by atoms with Gasteiger partial charge in [-0.15, -0.1) is 0 Å². The van der Waals surface area contributed by atoms with Crippen LogP contribution in [-0.2, 0) is 32.6 Å². The lowest BCUT2D eigenvalue weighted by Gasteiger charge is -2.34. The van der Waals surface area contributed by atoms with Crippen molar-refractivity contribution in [3.8, 4) is 11.5 Å². The van der Waals surface area contributed by atoms with Crippen molar-refractivity contribution >= 4 is 27.5 Å². The van der Waals surface area contributed by atoms with Crippen LogP contribution in [-0.4, -0.2) is 57.5 Å². The molecule has 9 nitrogen and oxygen atoms in total. The summed E-state index contributed by atoms with van der Waals surface area (Å²) in [5.74, 6) is 0.128. The van der Waals surface area contributed by atoms with Crippen LogP contribution in [0.15, 0.2) is 108 Å².